The lowest BCUT2D eigenvalue weighted by atomic mass is 10.1. The molecule has 10 nitrogen and oxygen atoms in total. The summed E-state index contributed by atoms with van der Waals surface area (Å²) < 4.78 is 7.47. The number of aryl methyl sites for hydroxylation is 1. The quantitative estimate of drug-likeness (QED) is 0.417. The largest absolute Gasteiger partial charge is 0.332 e. The number of fused-ring (bicyclic) bond motifs is 1. The highest BCUT2D eigenvalue weighted by Crippen LogP contribution is 2.34. The summed E-state index contributed by atoms with van der Waals surface area (Å²) in [6, 6.07) is 5.42. The van der Waals surface area contributed by atoms with Gasteiger partial charge in [-0.2, -0.15) is 20.0 Å². The molecule has 1 aromatic carbocycles. The van der Waals surface area contributed by atoms with E-state index < -0.39 is 0 Å². The van der Waals surface area contributed by atoms with Crippen LogP contribution in [0.5, 0.6) is 0 Å². The molecule has 1 aliphatic heterocycles. The van der Waals surface area contributed by atoms with Gasteiger partial charge in [-0.25, -0.2) is 4.98 Å². The number of benzene rings is 1. The minimum atomic E-state index is -0.259. The molecule has 1 aliphatic rings. The number of amides is 1. The second kappa shape index (κ2) is 7.38. The molecule has 1 amide bonds. The second-order valence-electron chi connectivity index (χ2n) is 7.65. The van der Waals surface area contributed by atoms with Crippen LogP contribution in [0.4, 0.5) is 0 Å². The third-order valence-electron chi connectivity index (χ3n) is 5.64. The topological polar surface area (TPSA) is 107 Å². The van der Waals surface area contributed by atoms with Crippen LogP contribution in [0.15, 0.2) is 52.9 Å². The molecule has 6 rings (SSSR count). The zero-order valence-electron chi connectivity index (χ0n) is 17.1. The Morgan fingerprint density at radius 3 is 3.00 bits per heavy atom. The maximum absolute atomic E-state index is 13.6. The summed E-state index contributed by atoms with van der Waals surface area (Å²) in [5, 5.41) is 14.6. The van der Waals surface area contributed by atoms with E-state index in [-0.39, 0.29) is 11.9 Å². The number of imidazole rings is 1. The number of carbonyl (C=O) groups excluding carboxylic acids is 1. The summed E-state index contributed by atoms with van der Waals surface area (Å²) in [6.45, 7) is 2.58. The predicted octanol–water partition coefficient (Wildman–Crippen LogP) is 3.31. The fraction of sp³-hybridized carbons (Fsp3) is 0.238. The molecule has 0 bridgehead atoms. The number of carbonyl (C=O) groups is 1. The molecule has 11 heteroatoms. The summed E-state index contributed by atoms with van der Waals surface area (Å²) in [4.78, 5) is 26.8. The minimum absolute atomic E-state index is 0.0978. The minimum Gasteiger partial charge on any atom is -0.332 e. The Balaban J connectivity index is 1.34. The molecule has 0 radical (unpaired) electrons. The molecule has 160 valence electrons. The zero-order valence-corrected chi connectivity index (χ0v) is 17.9. The van der Waals surface area contributed by atoms with Gasteiger partial charge >= 0.3 is 0 Å². The van der Waals surface area contributed by atoms with Crippen LogP contribution in [0.3, 0.4) is 0 Å². The summed E-state index contributed by atoms with van der Waals surface area (Å²) in [5.74, 6) is 0.795. The van der Waals surface area contributed by atoms with Gasteiger partial charge in [-0.15, -0.1) is 11.3 Å². The molecule has 0 aliphatic carbocycles. The number of thiazole rings is 1. The SMILES string of the molecule is Cc1ccc(-n2nccn2)c(C(=O)N2CCC[C@H]2c2noc(-c3cnc4sccn34)n2)c1. The predicted molar refractivity (Wildman–Crippen MR) is 115 cm³/mol. The van der Waals surface area contributed by atoms with Gasteiger partial charge in [-0.3, -0.25) is 9.20 Å². The average Bonchev–Trinajstić information content (AvgIpc) is 3.60. The number of rotatable bonds is 4. The normalized spacial score (nSPS) is 16.3. The lowest BCUT2D eigenvalue weighted by molar-refractivity contribution is 0.0728. The van der Waals surface area contributed by atoms with Crippen molar-refractivity contribution in [1.29, 1.82) is 0 Å². The molecule has 5 aromatic rings. The first-order chi connectivity index (χ1) is 15.7. The van der Waals surface area contributed by atoms with E-state index in [0.29, 0.717) is 29.5 Å². The maximum atomic E-state index is 13.6. The van der Waals surface area contributed by atoms with Crippen LogP contribution >= 0.6 is 11.3 Å². The maximum Gasteiger partial charge on any atom is 0.276 e. The van der Waals surface area contributed by atoms with E-state index in [1.54, 1.807) is 18.6 Å². The number of hydrogen-bond donors (Lipinski definition) is 0. The molecule has 5 heterocycles. The molecule has 0 spiro atoms. The molecular weight excluding hydrogens is 428 g/mol. The van der Waals surface area contributed by atoms with Crippen molar-refractivity contribution in [2.75, 3.05) is 6.54 Å². The van der Waals surface area contributed by atoms with Gasteiger partial charge in [0.05, 0.1) is 35.9 Å². The Hall–Kier alpha value is -3.86. The number of hydrogen-bond acceptors (Lipinski definition) is 8. The van der Waals surface area contributed by atoms with E-state index in [1.165, 1.54) is 16.1 Å². The van der Waals surface area contributed by atoms with Crippen molar-refractivity contribution in [1.82, 2.24) is 39.4 Å². The van der Waals surface area contributed by atoms with Crippen molar-refractivity contribution in [3.8, 4) is 17.3 Å². The molecular formula is C21H18N8O2S. The molecule has 1 fully saturated rings. The third-order valence-corrected chi connectivity index (χ3v) is 6.41. The molecule has 1 saturated heterocycles. The Morgan fingerprint density at radius 2 is 2.12 bits per heavy atom. The fourth-order valence-corrected chi connectivity index (χ4v) is 4.82. The summed E-state index contributed by atoms with van der Waals surface area (Å²) in [7, 11) is 0. The van der Waals surface area contributed by atoms with E-state index in [0.717, 1.165) is 29.1 Å². The molecule has 0 unspecified atom stereocenters. The lowest BCUT2D eigenvalue weighted by Crippen LogP contribution is -2.32. The number of aromatic nitrogens is 7. The van der Waals surface area contributed by atoms with E-state index in [2.05, 4.69) is 25.3 Å². The standard InChI is InChI=1S/C21H18N8O2S/c1-13-4-5-15(29-23-6-7-24-29)14(11-13)20(30)27-8-2-3-16(27)18-25-19(31-26-18)17-12-22-21-28(17)9-10-32-21/h4-7,9-12,16H,2-3,8H2,1H3/t16-/m0/s1. The molecule has 0 N–H and O–H groups in total. The van der Waals surface area contributed by atoms with Crippen LogP contribution < -0.4 is 0 Å². The first-order valence-corrected chi connectivity index (χ1v) is 11.1. The van der Waals surface area contributed by atoms with Gasteiger partial charge in [-0.1, -0.05) is 16.8 Å². The zero-order chi connectivity index (χ0) is 21.7. The van der Waals surface area contributed by atoms with Crippen LogP contribution in [0, 0.1) is 6.92 Å². The van der Waals surface area contributed by atoms with Crippen molar-refractivity contribution in [3.63, 3.8) is 0 Å². The van der Waals surface area contributed by atoms with Crippen molar-refractivity contribution in [2.24, 2.45) is 0 Å². The Morgan fingerprint density at radius 1 is 1.25 bits per heavy atom. The third kappa shape index (κ3) is 3.01. The Labute approximate surface area is 186 Å². The highest BCUT2D eigenvalue weighted by Gasteiger charge is 2.35. The van der Waals surface area contributed by atoms with Gasteiger partial charge < -0.3 is 9.42 Å². The van der Waals surface area contributed by atoms with Crippen LogP contribution in [-0.4, -0.2) is 51.9 Å². The van der Waals surface area contributed by atoms with Gasteiger partial charge in [-0.05, 0) is 31.9 Å². The highest BCUT2D eigenvalue weighted by atomic mass is 32.1. The van der Waals surface area contributed by atoms with Crippen molar-refractivity contribution in [2.45, 2.75) is 25.8 Å². The van der Waals surface area contributed by atoms with Crippen molar-refractivity contribution < 1.29 is 9.32 Å². The van der Waals surface area contributed by atoms with Crippen LogP contribution in [-0.2, 0) is 0 Å². The fourth-order valence-electron chi connectivity index (χ4n) is 4.13. The summed E-state index contributed by atoms with van der Waals surface area (Å²) in [5.41, 5.74) is 2.92. The molecule has 32 heavy (non-hydrogen) atoms. The average molecular weight is 446 g/mol. The first kappa shape index (κ1) is 18.9. The lowest BCUT2D eigenvalue weighted by Gasteiger charge is -2.23. The van der Waals surface area contributed by atoms with E-state index in [4.69, 9.17) is 4.52 Å². The van der Waals surface area contributed by atoms with Crippen LogP contribution in [0.25, 0.3) is 22.2 Å². The van der Waals surface area contributed by atoms with Crippen molar-refractivity contribution >= 4 is 22.2 Å². The number of nitrogens with zero attached hydrogens (tertiary/aromatic N) is 8. The molecule has 0 saturated carbocycles. The van der Waals surface area contributed by atoms with Crippen molar-refractivity contribution in [3.05, 3.63) is 65.3 Å². The van der Waals surface area contributed by atoms with E-state index in [9.17, 15) is 4.79 Å². The highest BCUT2D eigenvalue weighted by molar-refractivity contribution is 7.15. The Bertz CT molecular complexity index is 1420. The van der Waals surface area contributed by atoms with Gasteiger partial charge in [0.1, 0.15) is 5.69 Å². The monoisotopic (exact) mass is 446 g/mol. The van der Waals surface area contributed by atoms with Gasteiger partial charge in [0.25, 0.3) is 11.8 Å². The molecule has 4 aromatic heterocycles. The van der Waals surface area contributed by atoms with Gasteiger partial charge in [0.2, 0.25) is 0 Å². The Kier molecular flexibility index (Phi) is 4.35. The number of likely N-dealkylation sites (tertiary alicyclic amines) is 1. The second-order valence-corrected chi connectivity index (χ2v) is 8.53. The van der Waals surface area contributed by atoms with Crippen LogP contribution in [0.1, 0.15) is 40.6 Å². The summed E-state index contributed by atoms with van der Waals surface area (Å²) in [6.07, 6.45) is 8.45. The molecule has 1 atom stereocenters. The van der Waals surface area contributed by atoms with E-state index in [1.807, 2.05) is 46.0 Å². The van der Waals surface area contributed by atoms with Crippen LogP contribution in [0.2, 0.25) is 0 Å². The summed E-state index contributed by atoms with van der Waals surface area (Å²) >= 11 is 1.54. The smallest absolute Gasteiger partial charge is 0.276 e. The first-order valence-electron chi connectivity index (χ1n) is 10.2. The van der Waals surface area contributed by atoms with E-state index >= 15 is 0 Å². The van der Waals surface area contributed by atoms with Gasteiger partial charge in [0, 0.05) is 18.1 Å². The van der Waals surface area contributed by atoms with Gasteiger partial charge in [0.15, 0.2) is 10.8 Å².